The highest BCUT2D eigenvalue weighted by Crippen LogP contribution is 2.55. The maximum Gasteiger partial charge on any atom is 0.305 e. The molecular weight excluding hydrogens is 470 g/mol. The SMILES string of the molecule is CCOc1ccc(C2C3=C(CC(C)(C)CC3=O)N(CCC(=O)O)C3=C2C(=O)CC(C)(C)C3)cc1OCC. The molecule has 1 aromatic rings. The van der Waals surface area contributed by atoms with Crippen LogP contribution in [-0.4, -0.2) is 47.3 Å². The summed E-state index contributed by atoms with van der Waals surface area (Å²) in [4.78, 5) is 41.2. The van der Waals surface area contributed by atoms with E-state index in [0.29, 0.717) is 61.5 Å². The van der Waals surface area contributed by atoms with Gasteiger partial charge in [-0.25, -0.2) is 0 Å². The molecule has 0 aromatic heterocycles. The van der Waals surface area contributed by atoms with E-state index in [1.807, 2.05) is 36.9 Å². The van der Waals surface area contributed by atoms with Gasteiger partial charge in [0, 0.05) is 47.8 Å². The topological polar surface area (TPSA) is 93.1 Å². The van der Waals surface area contributed by atoms with Crippen molar-refractivity contribution in [1.82, 2.24) is 4.90 Å². The van der Waals surface area contributed by atoms with E-state index in [4.69, 9.17) is 9.47 Å². The molecular formula is C30H39NO6. The van der Waals surface area contributed by atoms with Gasteiger partial charge in [0.05, 0.1) is 19.6 Å². The molecule has 37 heavy (non-hydrogen) atoms. The molecule has 1 aliphatic heterocycles. The highest BCUT2D eigenvalue weighted by molar-refractivity contribution is 6.06. The smallest absolute Gasteiger partial charge is 0.305 e. The number of nitrogens with zero attached hydrogens (tertiary/aromatic N) is 1. The second-order valence-electron chi connectivity index (χ2n) is 11.9. The van der Waals surface area contributed by atoms with Crippen molar-refractivity contribution in [3.63, 3.8) is 0 Å². The van der Waals surface area contributed by atoms with Gasteiger partial charge in [-0.1, -0.05) is 33.8 Å². The number of benzene rings is 1. The third kappa shape index (κ3) is 5.32. The molecule has 0 bridgehead atoms. The number of carbonyl (C=O) groups is 3. The van der Waals surface area contributed by atoms with Crippen LogP contribution in [0, 0.1) is 10.8 Å². The average Bonchev–Trinajstić information content (AvgIpc) is 2.77. The van der Waals surface area contributed by atoms with Crippen molar-refractivity contribution >= 4 is 17.5 Å². The number of carboxylic acid groups (broad SMARTS) is 1. The number of hydrogen-bond acceptors (Lipinski definition) is 6. The van der Waals surface area contributed by atoms with Crippen LogP contribution in [0.3, 0.4) is 0 Å². The average molecular weight is 510 g/mol. The summed E-state index contributed by atoms with van der Waals surface area (Å²) in [7, 11) is 0. The van der Waals surface area contributed by atoms with Crippen molar-refractivity contribution in [2.24, 2.45) is 10.8 Å². The van der Waals surface area contributed by atoms with Crippen LogP contribution >= 0.6 is 0 Å². The molecule has 0 atom stereocenters. The van der Waals surface area contributed by atoms with Crippen LogP contribution in [0.15, 0.2) is 40.7 Å². The van der Waals surface area contributed by atoms with Gasteiger partial charge in [-0.15, -0.1) is 0 Å². The van der Waals surface area contributed by atoms with Gasteiger partial charge in [-0.05, 0) is 55.2 Å². The van der Waals surface area contributed by atoms with E-state index in [-0.39, 0.29) is 35.4 Å². The molecule has 0 unspecified atom stereocenters. The molecule has 0 spiro atoms. The quantitative estimate of drug-likeness (QED) is 0.484. The summed E-state index contributed by atoms with van der Waals surface area (Å²) in [6, 6.07) is 5.69. The van der Waals surface area contributed by atoms with Crippen LogP contribution in [0.2, 0.25) is 0 Å². The third-order valence-corrected chi connectivity index (χ3v) is 7.47. The van der Waals surface area contributed by atoms with Crippen LogP contribution in [0.4, 0.5) is 0 Å². The number of rotatable bonds is 8. The molecule has 1 aromatic carbocycles. The Morgan fingerprint density at radius 1 is 0.892 bits per heavy atom. The summed E-state index contributed by atoms with van der Waals surface area (Å²) in [5.41, 5.74) is 3.29. The number of carboxylic acids is 1. The fraction of sp³-hybridized carbons (Fsp3) is 0.567. The van der Waals surface area contributed by atoms with Crippen LogP contribution in [0.5, 0.6) is 11.5 Å². The molecule has 0 saturated carbocycles. The van der Waals surface area contributed by atoms with Gasteiger partial charge >= 0.3 is 5.97 Å². The summed E-state index contributed by atoms with van der Waals surface area (Å²) >= 11 is 0. The zero-order chi connectivity index (χ0) is 27.1. The standard InChI is InChI=1S/C30H39NO6/c1-7-36-23-10-9-18(13-24(23)37-8-2)26-27-19(14-29(3,4)16-21(27)32)31(12-11-25(34)35)20-15-30(5,6)17-22(33)28(20)26/h9-10,13,26H,7-8,11-12,14-17H2,1-6H3,(H,34,35). The highest BCUT2D eigenvalue weighted by Gasteiger charge is 2.49. The molecule has 0 amide bonds. The first-order valence-electron chi connectivity index (χ1n) is 13.3. The number of carbonyl (C=O) groups excluding carboxylic acids is 2. The van der Waals surface area contributed by atoms with E-state index < -0.39 is 11.9 Å². The molecule has 0 saturated heterocycles. The van der Waals surface area contributed by atoms with Gasteiger partial charge in [-0.2, -0.15) is 0 Å². The zero-order valence-electron chi connectivity index (χ0n) is 22.9. The van der Waals surface area contributed by atoms with E-state index in [1.54, 1.807) is 0 Å². The fourth-order valence-corrected chi connectivity index (χ4v) is 6.11. The van der Waals surface area contributed by atoms with E-state index in [1.165, 1.54) is 0 Å². The first kappa shape index (κ1) is 27.0. The number of allylic oxidation sites excluding steroid dienone is 4. The monoisotopic (exact) mass is 509 g/mol. The van der Waals surface area contributed by atoms with Gasteiger partial charge in [0.1, 0.15) is 0 Å². The number of ketones is 2. The first-order chi connectivity index (χ1) is 17.4. The summed E-state index contributed by atoms with van der Waals surface area (Å²) < 4.78 is 11.7. The maximum absolute atomic E-state index is 13.8. The van der Waals surface area contributed by atoms with E-state index in [9.17, 15) is 19.5 Å². The van der Waals surface area contributed by atoms with Gasteiger partial charge in [-0.3, -0.25) is 14.4 Å². The second-order valence-corrected chi connectivity index (χ2v) is 11.9. The molecule has 4 rings (SSSR count). The molecule has 1 heterocycles. The first-order valence-corrected chi connectivity index (χ1v) is 13.3. The van der Waals surface area contributed by atoms with Crippen molar-refractivity contribution in [2.45, 2.75) is 79.6 Å². The van der Waals surface area contributed by atoms with Crippen molar-refractivity contribution < 1.29 is 29.0 Å². The Hall–Kier alpha value is -3.09. The molecule has 200 valence electrons. The molecule has 3 aliphatic rings. The Kier molecular flexibility index (Phi) is 7.28. The van der Waals surface area contributed by atoms with Crippen LogP contribution < -0.4 is 9.47 Å². The zero-order valence-corrected chi connectivity index (χ0v) is 22.9. The minimum Gasteiger partial charge on any atom is -0.490 e. The summed E-state index contributed by atoms with van der Waals surface area (Å²) in [6.07, 6.45) is 1.98. The van der Waals surface area contributed by atoms with Crippen molar-refractivity contribution in [1.29, 1.82) is 0 Å². The number of hydrogen-bond donors (Lipinski definition) is 1. The Morgan fingerprint density at radius 2 is 1.41 bits per heavy atom. The summed E-state index contributed by atoms with van der Waals surface area (Å²) in [5.74, 6) is -0.148. The highest BCUT2D eigenvalue weighted by atomic mass is 16.5. The van der Waals surface area contributed by atoms with Crippen LogP contribution in [-0.2, 0) is 14.4 Å². The van der Waals surface area contributed by atoms with Crippen molar-refractivity contribution in [3.05, 3.63) is 46.3 Å². The fourth-order valence-electron chi connectivity index (χ4n) is 6.11. The number of ether oxygens (including phenoxy) is 2. The van der Waals surface area contributed by atoms with Crippen molar-refractivity contribution in [3.8, 4) is 11.5 Å². The van der Waals surface area contributed by atoms with E-state index >= 15 is 0 Å². The molecule has 0 fully saturated rings. The van der Waals surface area contributed by atoms with E-state index in [0.717, 1.165) is 17.0 Å². The van der Waals surface area contributed by atoms with Gasteiger partial charge in [0.15, 0.2) is 23.1 Å². The lowest BCUT2D eigenvalue weighted by atomic mass is 9.63. The molecule has 7 heteroatoms. The van der Waals surface area contributed by atoms with Gasteiger partial charge < -0.3 is 19.5 Å². The Morgan fingerprint density at radius 3 is 1.89 bits per heavy atom. The molecule has 2 aliphatic carbocycles. The van der Waals surface area contributed by atoms with Crippen LogP contribution in [0.25, 0.3) is 0 Å². The Balaban J connectivity index is 1.97. The predicted molar refractivity (Wildman–Crippen MR) is 141 cm³/mol. The normalized spacial score (nSPS) is 21.1. The maximum atomic E-state index is 13.8. The lowest BCUT2D eigenvalue weighted by Gasteiger charge is -2.49. The number of aliphatic carboxylic acids is 1. The predicted octanol–water partition coefficient (Wildman–Crippen LogP) is 5.64. The van der Waals surface area contributed by atoms with Gasteiger partial charge in [0.2, 0.25) is 0 Å². The largest absolute Gasteiger partial charge is 0.490 e. The number of Topliss-reactive ketones (excluding diaryl/α,β-unsaturated/α-hetero) is 2. The molecule has 7 nitrogen and oxygen atoms in total. The van der Waals surface area contributed by atoms with E-state index in [2.05, 4.69) is 27.7 Å². The van der Waals surface area contributed by atoms with Gasteiger partial charge in [0.25, 0.3) is 0 Å². The van der Waals surface area contributed by atoms with Crippen molar-refractivity contribution in [2.75, 3.05) is 19.8 Å². The Bertz CT molecular complexity index is 1130. The second kappa shape index (κ2) is 9.99. The summed E-state index contributed by atoms with van der Waals surface area (Å²) in [6.45, 7) is 13.3. The third-order valence-electron chi connectivity index (χ3n) is 7.47. The minimum atomic E-state index is -0.901. The van der Waals surface area contributed by atoms with Crippen LogP contribution in [0.1, 0.15) is 85.1 Å². The Labute approximate surface area is 219 Å². The lowest BCUT2D eigenvalue weighted by Crippen LogP contribution is -2.45. The minimum absolute atomic E-state index is 0.0209. The molecule has 0 radical (unpaired) electrons. The summed E-state index contributed by atoms with van der Waals surface area (Å²) in [5, 5.41) is 9.51. The molecule has 1 N–H and O–H groups in total. The lowest BCUT2D eigenvalue weighted by molar-refractivity contribution is -0.137.